The Bertz CT molecular complexity index is 622. The lowest BCUT2D eigenvalue weighted by Crippen LogP contribution is -2.36. The molecular weight excluding hydrogens is 272 g/mol. The molecule has 3 rings (SSSR count). The van der Waals surface area contributed by atoms with Crippen LogP contribution in [-0.2, 0) is 19.3 Å². The molecule has 1 unspecified atom stereocenters. The first kappa shape index (κ1) is 14.9. The number of rotatable bonds is 5. The highest BCUT2D eigenvalue weighted by molar-refractivity contribution is 5.52. The first-order chi connectivity index (χ1) is 10.8. The molecule has 0 aromatic heterocycles. The molecule has 0 radical (unpaired) electrons. The summed E-state index contributed by atoms with van der Waals surface area (Å²) in [5, 5.41) is 3.69. The lowest BCUT2D eigenvalue weighted by molar-refractivity contribution is 0.414. The van der Waals surface area contributed by atoms with Crippen LogP contribution in [0.15, 0.2) is 42.5 Å². The Balaban J connectivity index is 1.50. The van der Waals surface area contributed by atoms with Crippen LogP contribution in [0.5, 0.6) is 5.75 Å². The van der Waals surface area contributed by atoms with Crippen molar-refractivity contribution in [2.75, 3.05) is 19.4 Å². The number of ether oxygens (including phenoxy) is 1. The molecule has 0 bridgehead atoms. The predicted molar refractivity (Wildman–Crippen MR) is 91.4 cm³/mol. The fraction of sp³-hybridized carbons (Fsp3) is 0.368. The number of benzene rings is 2. The minimum atomic E-state index is 0.563. The first-order valence-electron chi connectivity index (χ1n) is 7.99. The van der Waals surface area contributed by atoms with E-state index in [0.717, 1.165) is 37.2 Å². The summed E-state index contributed by atoms with van der Waals surface area (Å²) < 4.78 is 5.19. The number of methoxy groups -OCH3 is 1. The van der Waals surface area contributed by atoms with E-state index in [1.54, 1.807) is 7.11 Å². The predicted octanol–water partition coefficient (Wildman–Crippen LogP) is 2.97. The van der Waals surface area contributed by atoms with Gasteiger partial charge in [0.2, 0.25) is 0 Å². The molecule has 2 aromatic carbocycles. The average molecular weight is 296 g/mol. The van der Waals surface area contributed by atoms with Gasteiger partial charge in [0.05, 0.1) is 7.11 Å². The Morgan fingerprint density at radius 2 is 2.00 bits per heavy atom. The van der Waals surface area contributed by atoms with Gasteiger partial charge in [0, 0.05) is 11.7 Å². The summed E-state index contributed by atoms with van der Waals surface area (Å²) in [6.45, 7) is 1.01. The number of nitrogens with one attached hydrogen (secondary N) is 1. The van der Waals surface area contributed by atoms with Crippen molar-refractivity contribution in [3.63, 3.8) is 0 Å². The Morgan fingerprint density at radius 3 is 2.77 bits per heavy atom. The van der Waals surface area contributed by atoms with Crippen molar-refractivity contribution in [1.82, 2.24) is 5.32 Å². The van der Waals surface area contributed by atoms with Crippen molar-refractivity contribution in [2.24, 2.45) is 0 Å². The lowest BCUT2D eigenvalue weighted by Gasteiger charge is -2.26. The Hall–Kier alpha value is -2.00. The SMILES string of the molecule is COc1ccc(CCNC2CCc3c(N)cccc3C2)cc1. The summed E-state index contributed by atoms with van der Waals surface area (Å²) in [6, 6.07) is 15.2. The fourth-order valence-corrected chi connectivity index (χ4v) is 3.22. The minimum absolute atomic E-state index is 0.563. The van der Waals surface area contributed by atoms with E-state index >= 15 is 0 Å². The largest absolute Gasteiger partial charge is 0.497 e. The highest BCUT2D eigenvalue weighted by atomic mass is 16.5. The van der Waals surface area contributed by atoms with Gasteiger partial charge in [-0.1, -0.05) is 24.3 Å². The molecule has 3 N–H and O–H groups in total. The van der Waals surface area contributed by atoms with Crippen molar-refractivity contribution >= 4 is 5.69 Å². The number of nitrogen functional groups attached to an aromatic ring is 1. The second-order valence-corrected chi connectivity index (χ2v) is 5.98. The van der Waals surface area contributed by atoms with Crippen LogP contribution < -0.4 is 15.8 Å². The van der Waals surface area contributed by atoms with Crippen molar-refractivity contribution in [1.29, 1.82) is 0 Å². The molecule has 2 aromatic rings. The number of fused-ring (bicyclic) bond motifs is 1. The van der Waals surface area contributed by atoms with Crippen LogP contribution in [0.2, 0.25) is 0 Å². The molecule has 0 saturated carbocycles. The zero-order chi connectivity index (χ0) is 15.4. The van der Waals surface area contributed by atoms with E-state index in [0.29, 0.717) is 6.04 Å². The standard InChI is InChI=1S/C19H24N2O/c1-22-17-8-5-14(6-9-17)11-12-21-16-7-10-18-15(13-16)3-2-4-19(18)20/h2-6,8-9,16,21H,7,10-13,20H2,1H3. The van der Waals surface area contributed by atoms with E-state index in [2.05, 4.69) is 29.6 Å². The van der Waals surface area contributed by atoms with Gasteiger partial charge < -0.3 is 15.8 Å². The third-order valence-electron chi connectivity index (χ3n) is 4.52. The van der Waals surface area contributed by atoms with Gasteiger partial charge in [-0.3, -0.25) is 0 Å². The smallest absolute Gasteiger partial charge is 0.118 e. The van der Waals surface area contributed by atoms with Crippen LogP contribution in [0.25, 0.3) is 0 Å². The zero-order valence-electron chi connectivity index (χ0n) is 13.1. The van der Waals surface area contributed by atoms with Crippen LogP contribution >= 0.6 is 0 Å². The number of hydrogen-bond donors (Lipinski definition) is 2. The maximum absolute atomic E-state index is 6.06. The Kier molecular flexibility index (Phi) is 4.64. The van der Waals surface area contributed by atoms with Gasteiger partial charge in [0.15, 0.2) is 0 Å². The van der Waals surface area contributed by atoms with Crippen molar-refractivity contribution in [3.05, 3.63) is 59.2 Å². The van der Waals surface area contributed by atoms with Crippen LogP contribution in [0.4, 0.5) is 5.69 Å². The molecule has 0 saturated heterocycles. The van der Waals surface area contributed by atoms with Gasteiger partial charge in [-0.05, 0) is 67.1 Å². The number of anilines is 1. The van der Waals surface area contributed by atoms with E-state index < -0.39 is 0 Å². The van der Waals surface area contributed by atoms with Crippen LogP contribution in [-0.4, -0.2) is 19.7 Å². The molecule has 116 valence electrons. The summed E-state index contributed by atoms with van der Waals surface area (Å²) in [4.78, 5) is 0. The maximum Gasteiger partial charge on any atom is 0.118 e. The van der Waals surface area contributed by atoms with Gasteiger partial charge in [-0.15, -0.1) is 0 Å². The average Bonchev–Trinajstić information content (AvgIpc) is 2.56. The molecule has 22 heavy (non-hydrogen) atoms. The van der Waals surface area contributed by atoms with Crippen LogP contribution in [0, 0.1) is 0 Å². The molecule has 0 fully saturated rings. The molecule has 0 aliphatic heterocycles. The number of hydrogen-bond acceptors (Lipinski definition) is 3. The van der Waals surface area contributed by atoms with Crippen LogP contribution in [0.1, 0.15) is 23.1 Å². The van der Waals surface area contributed by atoms with E-state index in [-0.39, 0.29) is 0 Å². The van der Waals surface area contributed by atoms with Crippen molar-refractivity contribution in [2.45, 2.75) is 31.7 Å². The molecule has 3 nitrogen and oxygen atoms in total. The highest BCUT2D eigenvalue weighted by Crippen LogP contribution is 2.26. The van der Waals surface area contributed by atoms with E-state index in [1.807, 2.05) is 18.2 Å². The van der Waals surface area contributed by atoms with Gasteiger partial charge in [0.1, 0.15) is 5.75 Å². The summed E-state index contributed by atoms with van der Waals surface area (Å²) in [6.07, 6.45) is 4.39. The summed E-state index contributed by atoms with van der Waals surface area (Å²) in [5.74, 6) is 0.915. The Labute approximate surface area is 132 Å². The van der Waals surface area contributed by atoms with E-state index in [4.69, 9.17) is 10.5 Å². The molecule has 1 atom stereocenters. The van der Waals surface area contributed by atoms with Gasteiger partial charge in [-0.2, -0.15) is 0 Å². The van der Waals surface area contributed by atoms with Gasteiger partial charge in [-0.25, -0.2) is 0 Å². The number of nitrogens with two attached hydrogens (primary N) is 1. The summed E-state index contributed by atoms with van der Waals surface area (Å²) in [5.41, 5.74) is 11.1. The van der Waals surface area contributed by atoms with E-state index in [1.165, 1.54) is 23.1 Å². The normalized spacial score (nSPS) is 17.0. The highest BCUT2D eigenvalue weighted by Gasteiger charge is 2.19. The molecule has 0 heterocycles. The molecule has 0 spiro atoms. The van der Waals surface area contributed by atoms with Crippen molar-refractivity contribution < 1.29 is 4.74 Å². The van der Waals surface area contributed by atoms with E-state index in [9.17, 15) is 0 Å². The maximum atomic E-state index is 6.06. The second kappa shape index (κ2) is 6.84. The molecule has 0 amide bonds. The third kappa shape index (κ3) is 3.42. The summed E-state index contributed by atoms with van der Waals surface area (Å²) in [7, 11) is 1.70. The topological polar surface area (TPSA) is 47.3 Å². The first-order valence-corrected chi connectivity index (χ1v) is 7.99. The van der Waals surface area contributed by atoms with Crippen LogP contribution in [0.3, 0.4) is 0 Å². The van der Waals surface area contributed by atoms with Crippen molar-refractivity contribution in [3.8, 4) is 5.75 Å². The Morgan fingerprint density at radius 1 is 1.18 bits per heavy atom. The third-order valence-corrected chi connectivity index (χ3v) is 4.52. The quantitative estimate of drug-likeness (QED) is 0.834. The summed E-state index contributed by atoms with van der Waals surface area (Å²) >= 11 is 0. The zero-order valence-corrected chi connectivity index (χ0v) is 13.1. The minimum Gasteiger partial charge on any atom is -0.497 e. The molecule has 1 aliphatic carbocycles. The van der Waals surface area contributed by atoms with Gasteiger partial charge in [0.25, 0.3) is 0 Å². The fourth-order valence-electron chi connectivity index (χ4n) is 3.22. The molecule has 3 heteroatoms. The molecular formula is C19H24N2O. The monoisotopic (exact) mass is 296 g/mol. The second-order valence-electron chi connectivity index (χ2n) is 5.98. The van der Waals surface area contributed by atoms with Gasteiger partial charge >= 0.3 is 0 Å². The lowest BCUT2D eigenvalue weighted by atomic mass is 9.87. The molecule has 1 aliphatic rings.